The number of aryl methyl sites for hydroxylation is 1. The van der Waals surface area contributed by atoms with Crippen molar-refractivity contribution < 1.29 is 14.2 Å². The van der Waals surface area contributed by atoms with Crippen LogP contribution in [-0.4, -0.2) is 20.8 Å². The van der Waals surface area contributed by atoms with Crippen LogP contribution in [0.2, 0.25) is 5.02 Å². The first-order valence-electron chi connectivity index (χ1n) is 10.1. The fraction of sp³-hybridized carbons (Fsp3) is 0.280. The molecule has 0 bridgehead atoms. The second kappa shape index (κ2) is 8.99. The summed E-state index contributed by atoms with van der Waals surface area (Å²) in [6.45, 7) is 3.35. The van der Waals surface area contributed by atoms with Gasteiger partial charge in [-0.3, -0.25) is 0 Å². The second-order valence-electron chi connectivity index (χ2n) is 7.46. The Morgan fingerprint density at radius 1 is 0.967 bits per heavy atom. The van der Waals surface area contributed by atoms with E-state index in [0.29, 0.717) is 11.6 Å². The molecular formula is C25H26ClNO3. The Morgan fingerprint density at radius 3 is 2.50 bits per heavy atom. The van der Waals surface area contributed by atoms with Gasteiger partial charge >= 0.3 is 0 Å². The van der Waals surface area contributed by atoms with Crippen LogP contribution in [0.3, 0.4) is 0 Å². The van der Waals surface area contributed by atoms with Crippen molar-refractivity contribution >= 4 is 11.6 Å². The monoisotopic (exact) mass is 423 g/mol. The number of methoxy groups -OCH3 is 2. The fourth-order valence-electron chi connectivity index (χ4n) is 4.10. The number of benzene rings is 3. The van der Waals surface area contributed by atoms with Gasteiger partial charge in [-0.25, -0.2) is 0 Å². The van der Waals surface area contributed by atoms with E-state index in [0.717, 1.165) is 52.5 Å². The smallest absolute Gasteiger partial charge is 0.162 e. The van der Waals surface area contributed by atoms with Crippen LogP contribution < -0.4 is 19.5 Å². The molecule has 1 atom stereocenters. The van der Waals surface area contributed by atoms with Gasteiger partial charge in [0, 0.05) is 17.1 Å². The van der Waals surface area contributed by atoms with E-state index in [-0.39, 0.29) is 6.04 Å². The van der Waals surface area contributed by atoms with Crippen molar-refractivity contribution in [3.63, 3.8) is 0 Å². The van der Waals surface area contributed by atoms with E-state index in [4.69, 9.17) is 25.8 Å². The molecule has 4 rings (SSSR count). The molecule has 1 N–H and O–H groups in total. The Bertz CT molecular complexity index is 1040. The molecule has 30 heavy (non-hydrogen) atoms. The summed E-state index contributed by atoms with van der Waals surface area (Å²) in [5.74, 6) is 2.33. The van der Waals surface area contributed by atoms with Gasteiger partial charge in [-0.1, -0.05) is 41.9 Å². The molecule has 1 heterocycles. The van der Waals surface area contributed by atoms with Gasteiger partial charge in [-0.05, 0) is 59.9 Å². The lowest BCUT2D eigenvalue weighted by atomic mass is 9.88. The Balaban J connectivity index is 1.74. The predicted molar refractivity (Wildman–Crippen MR) is 120 cm³/mol. The Labute approximate surface area is 182 Å². The van der Waals surface area contributed by atoms with Crippen molar-refractivity contribution in [2.75, 3.05) is 20.8 Å². The van der Waals surface area contributed by atoms with Crippen molar-refractivity contribution in [1.82, 2.24) is 5.32 Å². The van der Waals surface area contributed by atoms with Gasteiger partial charge in [0.25, 0.3) is 0 Å². The van der Waals surface area contributed by atoms with E-state index in [9.17, 15) is 0 Å². The highest BCUT2D eigenvalue weighted by molar-refractivity contribution is 6.30. The van der Waals surface area contributed by atoms with Crippen LogP contribution >= 0.6 is 11.6 Å². The number of hydrogen-bond donors (Lipinski definition) is 1. The highest BCUT2D eigenvalue weighted by atomic mass is 35.5. The van der Waals surface area contributed by atoms with E-state index in [1.807, 2.05) is 37.3 Å². The summed E-state index contributed by atoms with van der Waals surface area (Å²) >= 11 is 6.39. The van der Waals surface area contributed by atoms with Crippen LogP contribution in [0.4, 0.5) is 0 Å². The predicted octanol–water partition coefficient (Wildman–Crippen LogP) is 5.48. The van der Waals surface area contributed by atoms with Gasteiger partial charge in [0.1, 0.15) is 12.4 Å². The van der Waals surface area contributed by atoms with E-state index in [2.05, 4.69) is 29.6 Å². The van der Waals surface area contributed by atoms with Crippen molar-refractivity contribution in [3.8, 4) is 17.2 Å². The summed E-state index contributed by atoms with van der Waals surface area (Å²) in [6.07, 6.45) is 0.920. The highest BCUT2D eigenvalue weighted by Gasteiger charge is 2.27. The number of rotatable bonds is 6. The van der Waals surface area contributed by atoms with Gasteiger partial charge in [0.2, 0.25) is 0 Å². The van der Waals surface area contributed by atoms with Crippen LogP contribution in [0.5, 0.6) is 17.2 Å². The summed E-state index contributed by atoms with van der Waals surface area (Å²) in [5, 5.41) is 4.32. The van der Waals surface area contributed by atoms with E-state index in [1.165, 1.54) is 5.56 Å². The normalized spacial score (nSPS) is 15.4. The molecule has 1 aliphatic heterocycles. The molecule has 0 amide bonds. The summed E-state index contributed by atoms with van der Waals surface area (Å²) < 4.78 is 17.5. The molecule has 1 aliphatic rings. The molecule has 0 spiro atoms. The molecule has 0 fully saturated rings. The molecule has 1 unspecified atom stereocenters. The van der Waals surface area contributed by atoms with Crippen molar-refractivity contribution in [3.05, 3.63) is 87.4 Å². The minimum absolute atomic E-state index is 0.0360. The number of halogens is 1. The first kappa shape index (κ1) is 20.6. The third kappa shape index (κ3) is 4.11. The molecule has 156 valence electrons. The average molecular weight is 424 g/mol. The van der Waals surface area contributed by atoms with Crippen LogP contribution in [0.25, 0.3) is 0 Å². The first-order valence-corrected chi connectivity index (χ1v) is 10.4. The molecule has 0 aliphatic carbocycles. The molecule has 0 aromatic heterocycles. The molecule has 0 saturated heterocycles. The third-order valence-corrected chi connectivity index (χ3v) is 5.72. The number of ether oxygens (including phenoxy) is 3. The quantitative estimate of drug-likeness (QED) is 0.569. The average Bonchev–Trinajstić information content (AvgIpc) is 2.76. The molecule has 0 radical (unpaired) electrons. The standard InChI is InChI=1S/C25H26ClNO3/c1-16-11-19(26)13-21(25(16)29-3)24-20-14-23(30-15-17-7-5-4-6-8-17)22(28-2)12-18(20)9-10-27-24/h4-8,11-14,24,27H,9-10,15H2,1-3H3. The Hall–Kier alpha value is -2.69. The Kier molecular flexibility index (Phi) is 6.16. The third-order valence-electron chi connectivity index (χ3n) is 5.50. The highest BCUT2D eigenvalue weighted by Crippen LogP contribution is 2.41. The SMILES string of the molecule is COc1cc2c(cc1OCc1ccccc1)C(c1cc(Cl)cc(C)c1OC)NCC2. The lowest BCUT2D eigenvalue weighted by Crippen LogP contribution is -2.31. The topological polar surface area (TPSA) is 39.7 Å². The number of hydrogen-bond acceptors (Lipinski definition) is 4. The molecule has 5 heteroatoms. The van der Waals surface area contributed by atoms with Crippen LogP contribution in [-0.2, 0) is 13.0 Å². The van der Waals surface area contributed by atoms with Crippen molar-refractivity contribution in [2.24, 2.45) is 0 Å². The lowest BCUT2D eigenvalue weighted by Gasteiger charge is -2.30. The fourth-order valence-corrected chi connectivity index (χ4v) is 4.38. The number of nitrogens with one attached hydrogen (secondary N) is 1. The zero-order chi connectivity index (χ0) is 21.1. The molecule has 4 nitrogen and oxygen atoms in total. The van der Waals surface area contributed by atoms with E-state index >= 15 is 0 Å². The van der Waals surface area contributed by atoms with Crippen molar-refractivity contribution in [1.29, 1.82) is 0 Å². The lowest BCUT2D eigenvalue weighted by molar-refractivity contribution is 0.283. The number of fused-ring (bicyclic) bond motifs is 1. The van der Waals surface area contributed by atoms with Gasteiger partial charge in [0.15, 0.2) is 11.5 Å². The van der Waals surface area contributed by atoms with Crippen molar-refractivity contribution in [2.45, 2.75) is 26.0 Å². The van der Waals surface area contributed by atoms with E-state index in [1.54, 1.807) is 14.2 Å². The first-order chi connectivity index (χ1) is 14.6. The maximum atomic E-state index is 6.39. The van der Waals surface area contributed by atoms with Crippen LogP contribution in [0.15, 0.2) is 54.6 Å². The summed E-state index contributed by atoms with van der Waals surface area (Å²) in [7, 11) is 3.38. The summed E-state index contributed by atoms with van der Waals surface area (Å²) in [4.78, 5) is 0. The zero-order valence-corrected chi connectivity index (χ0v) is 18.3. The molecule has 0 saturated carbocycles. The largest absolute Gasteiger partial charge is 0.496 e. The second-order valence-corrected chi connectivity index (χ2v) is 7.89. The van der Waals surface area contributed by atoms with Gasteiger partial charge < -0.3 is 19.5 Å². The van der Waals surface area contributed by atoms with Gasteiger partial charge in [-0.15, -0.1) is 0 Å². The molecule has 3 aromatic rings. The summed E-state index contributed by atoms with van der Waals surface area (Å²) in [5.41, 5.74) is 5.55. The molecule has 3 aromatic carbocycles. The molecular weight excluding hydrogens is 398 g/mol. The maximum absolute atomic E-state index is 6.39. The summed E-state index contributed by atoms with van der Waals surface area (Å²) in [6, 6.07) is 18.2. The minimum Gasteiger partial charge on any atom is -0.496 e. The minimum atomic E-state index is -0.0360. The van der Waals surface area contributed by atoms with Crippen LogP contribution in [0.1, 0.15) is 33.9 Å². The zero-order valence-electron chi connectivity index (χ0n) is 17.5. The van der Waals surface area contributed by atoms with Gasteiger partial charge in [0.05, 0.1) is 20.3 Å². The van der Waals surface area contributed by atoms with Crippen LogP contribution in [0, 0.1) is 6.92 Å². The maximum Gasteiger partial charge on any atom is 0.162 e. The van der Waals surface area contributed by atoms with E-state index < -0.39 is 0 Å². The Morgan fingerprint density at radius 2 is 1.77 bits per heavy atom. The van der Waals surface area contributed by atoms with Gasteiger partial charge in [-0.2, -0.15) is 0 Å².